The molecule has 21 heavy (non-hydrogen) atoms. The summed E-state index contributed by atoms with van der Waals surface area (Å²) in [5.74, 6) is 0.180. The van der Waals surface area contributed by atoms with E-state index in [1.807, 2.05) is 4.90 Å². The Balaban J connectivity index is 2.60. The number of primary amides is 1. The van der Waals surface area contributed by atoms with Crippen LogP contribution in [0.5, 0.6) is 0 Å². The topological polar surface area (TPSA) is 106 Å². The van der Waals surface area contributed by atoms with E-state index in [4.69, 9.17) is 11.5 Å². The molecule has 0 aliphatic carbocycles. The first kappa shape index (κ1) is 16.1. The molecule has 1 aliphatic rings. The van der Waals surface area contributed by atoms with E-state index < -0.39 is 15.7 Å². The van der Waals surface area contributed by atoms with Crippen molar-refractivity contribution in [1.82, 2.24) is 0 Å². The number of amides is 1. The molecule has 0 spiro atoms. The molecule has 2 heterocycles. The second-order valence-corrected chi connectivity index (χ2v) is 8.82. The summed E-state index contributed by atoms with van der Waals surface area (Å²) >= 11 is 1.09. The highest BCUT2D eigenvalue weighted by molar-refractivity contribution is 7.92. The van der Waals surface area contributed by atoms with Gasteiger partial charge in [0.05, 0.1) is 11.4 Å². The number of carbonyl (C=O) groups is 1. The number of anilines is 2. The summed E-state index contributed by atoms with van der Waals surface area (Å²) in [6.45, 7) is 7.34. The van der Waals surface area contributed by atoms with Crippen LogP contribution in [-0.2, 0) is 9.84 Å². The summed E-state index contributed by atoms with van der Waals surface area (Å²) in [5.41, 5.74) is 11.2. The zero-order valence-electron chi connectivity index (χ0n) is 12.4. The molecule has 6 nitrogen and oxygen atoms in total. The van der Waals surface area contributed by atoms with Gasteiger partial charge in [0.2, 0.25) is 0 Å². The van der Waals surface area contributed by atoms with E-state index in [1.54, 1.807) is 6.92 Å². The molecular weight excluding hydrogens is 310 g/mol. The van der Waals surface area contributed by atoms with Gasteiger partial charge in [0.25, 0.3) is 5.91 Å². The summed E-state index contributed by atoms with van der Waals surface area (Å²) < 4.78 is 24.7. The van der Waals surface area contributed by atoms with Gasteiger partial charge in [-0.3, -0.25) is 4.79 Å². The summed E-state index contributed by atoms with van der Waals surface area (Å²) in [5, 5.41) is 0.555. The van der Waals surface area contributed by atoms with Crippen LogP contribution in [0.4, 0.5) is 10.7 Å². The number of rotatable bonds is 4. The molecule has 4 N–H and O–H groups in total. The minimum atomic E-state index is -3.51. The number of thiophene rings is 1. The fraction of sp³-hybridized carbons (Fsp3) is 0.615. The average molecular weight is 331 g/mol. The van der Waals surface area contributed by atoms with E-state index >= 15 is 0 Å². The molecule has 1 aromatic heterocycles. The van der Waals surface area contributed by atoms with Crippen LogP contribution in [0.25, 0.3) is 0 Å². The predicted molar refractivity (Wildman–Crippen MR) is 85.5 cm³/mol. The summed E-state index contributed by atoms with van der Waals surface area (Å²) in [7, 11) is -3.51. The first-order chi connectivity index (χ1) is 9.69. The first-order valence-electron chi connectivity index (χ1n) is 6.88. The van der Waals surface area contributed by atoms with Crippen molar-refractivity contribution in [2.24, 2.45) is 17.6 Å². The highest BCUT2D eigenvalue weighted by Crippen LogP contribution is 2.44. The van der Waals surface area contributed by atoms with Crippen molar-refractivity contribution < 1.29 is 13.2 Å². The van der Waals surface area contributed by atoms with Crippen LogP contribution in [0.2, 0.25) is 0 Å². The molecular formula is C13H21N3O3S2. The predicted octanol–water partition coefficient (Wildman–Crippen LogP) is 1.32. The Morgan fingerprint density at radius 1 is 1.33 bits per heavy atom. The van der Waals surface area contributed by atoms with Crippen molar-refractivity contribution in [3.05, 3.63) is 4.88 Å². The first-order valence-corrected chi connectivity index (χ1v) is 9.35. The summed E-state index contributed by atoms with van der Waals surface area (Å²) in [6.07, 6.45) is 0. The highest BCUT2D eigenvalue weighted by Gasteiger charge is 2.34. The molecule has 0 aromatic carbocycles. The van der Waals surface area contributed by atoms with Crippen LogP contribution < -0.4 is 16.4 Å². The fourth-order valence-corrected chi connectivity index (χ4v) is 5.23. The average Bonchev–Trinajstić information content (AvgIpc) is 2.91. The van der Waals surface area contributed by atoms with E-state index in [0.717, 1.165) is 24.4 Å². The Bertz CT molecular complexity index is 656. The second-order valence-electron chi connectivity index (χ2n) is 5.61. The van der Waals surface area contributed by atoms with E-state index in [9.17, 15) is 13.2 Å². The van der Waals surface area contributed by atoms with E-state index in [1.165, 1.54) is 0 Å². The zero-order valence-corrected chi connectivity index (χ0v) is 14.1. The Hall–Kier alpha value is -1.28. The van der Waals surface area contributed by atoms with Gasteiger partial charge in [-0.15, -0.1) is 11.3 Å². The van der Waals surface area contributed by atoms with Gasteiger partial charge >= 0.3 is 0 Å². The summed E-state index contributed by atoms with van der Waals surface area (Å²) in [6, 6.07) is 0. The van der Waals surface area contributed by atoms with Crippen LogP contribution in [0.3, 0.4) is 0 Å². The number of nitrogen functional groups attached to an aromatic ring is 1. The number of hydrogen-bond donors (Lipinski definition) is 2. The molecule has 2 atom stereocenters. The Morgan fingerprint density at radius 3 is 2.29 bits per heavy atom. The quantitative estimate of drug-likeness (QED) is 0.865. The minimum Gasteiger partial charge on any atom is -0.396 e. The van der Waals surface area contributed by atoms with Crippen LogP contribution >= 0.6 is 11.3 Å². The van der Waals surface area contributed by atoms with Crippen LogP contribution in [0, 0.1) is 11.8 Å². The van der Waals surface area contributed by atoms with E-state index in [2.05, 4.69) is 13.8 Å². The smallest absolute Gasteiger partial charge is 0.261 e. The molecule has 1 saturated heterocycles. The molecule has 1 aliphatic heterocycles. The van der Waals surface area contributed by atoms with Gasteiger partial charge in [-0.25, -0.2) is 8.42 Å². The lowest BCUT2D eigenvalue weighted by Gasteiger charge is -2.18. The molecule has 118 valence electrons. The molecule has 0 bridgehead atoms. The van der Waals surface area contributed by atoms with Gasteiger partial charge < -0.3 is 16.4 Å². The minimum absolute atomic E-state index is 0.00319. The van der Waals surface area contributed by atoms with Crippen molar-refractivity contribution in [1.29, 1.82) is 0 Å². The molecule has 2 unspecified atom stereocenters. The van der Waals surface area contributed by atoms with Gasteiger partial charge in [-0.1, -0.05) is 20.8 Å². The maximum atomic E-state index is 12.3. The number of sulfone groups is 1. The number of nitrogens with zero attached hydrogens (tertiary/aromatic N) is 1. The van der Waals surface area contributed by atoms with Gasteiger partial charge in [-0.05, 0) is 11.8 Å². The van der Waals surface area contributed by atoms with E-state index in [-0.39, 0.29) is 21.2 Å². The molecule has 2 rings (SSSR count). The largest absolute Gasteiger partial charge is 0.396 e. The van der Waals surface area contributed by atoms with Crippen molar-refractivity contribution in [2.75, 3.05) is 29.5 Å². The lowest BCUT2D eigenvalue weighted by Crippen LogP contribution is -2.21. The molecule has 0 radical (unpaired) electrons. The maximum absolute atomic E-state index is 12.3. The number of carbonyl (C=O) groups excluding carboxylic acids is 1. The van der Waals surface area contributed by atoms with Crippen LogP contribution in [-0.4, -0.2) is 33.2 Å². The summed E-state index contributed by atoms with van der Waals surface area (Å²) in [4.78, 5) is 13.7. The lowest BCUT2D eigenvalue weighted by atomic mass is 10.0. The Morgan fingerprint density at radius 2 is 1.86 bits per heavy atom. The van der Waals surface area contributed by atoms with E-state index in [0.29, 0.717) is 16.8 Å². The van der Waals surface area contributed by atoms with Crippen molar-refractivity contribution in [2.45, 2.75) is 25.7 Å². The van der Waals surface area contributed by atoms with Gasteiger partial charge in [0.1, 0.15) is 14.8 Å². The monoisotopic (exact) mass is 331 g/mol. The Kier molecular flexibility index (Phi) is 4.21. The van der Waals surface area contributed by atoms with Gasteiger partial charge in [0.15, 0.2) is 9.84 Å². The maximum Gasteiger partial charge on any atom is 0.261 e. The zero-order chi connectivity index (χ0) is 15.9. The normalized spacial score (nSPS) is 22.7. The number of hydrogen-bond acceptors (Lipinski definition) is 6. The lowest BCUT2D eigenvalue weighted by molar-refractivity contribution is 0.100. The molecule has 1 fully saturated rings. The van der Waals surface area contributed by atoms with Crippen LogP contribution in [0.1, 0.15) is 30.4 Å². The molecule has 8 heteroatoms. The SMILES string of the molecule is CCS(=O)(=O)c1c(N2CC(C)C(C)C2)sc(C(N)=O)c1N. The van der Waals surface area contributed by atoms with Crippen molar-refractivity contribution in [3.8, 4) is 0 Å². The third-order valence-corrected chi connectivity index (χ3v) is 7.28. The molecule has 0 saturated carbocycles. The second kappa shape index (κ2) is 5.49. The highest BCUT2D eigenvalue weighted by atomic mass is 32.2. The fourth-order valence-electron chi connectivity index (χ4n) is 2.55. The number of nitrogens with two attached hydrogens (primary N) is 2. The third kappa shape index (κ3) is 2.74. The van der Waals surface area contributed by atoms with Gasteiger partial charge in [-0.2, -0.15) is 0 Å². The van der Waals surface area contributed by atoms with Gasteiger partial charge in [0, 0.05) is 13.1 Å². The molecule has 1 amide bonds. The van der Waals surface area contributed by atoms with Crippen LogP contribution in [0.15, 0.2) is 4.90 Å². The third-order valence-electron chi connectivity index (χ3n) is 4.07. The van der Waals surface area contributed by atoms with Crippen molar-refractivity contribution >= 4 is 37.8 Å². The standard InChI is InChI=1S/C13H21N3O3S2/c1-4-21(18,19)11-9(14)10(12(15)17)20-13(11)16-5-7(2)8(3)6-16/h7-8H,4-6,14H2,1-3H3,(H2,15,17). The van der Waals surface area contributed by atoms with Crippen molar-refractivity contribution in [3.63, 3.8) is 0 Å². The molecule has 1 aromatic rings. The Labute approximate surface area is 129 Å².